The number of ether oxygens (including phenoxy) is 1. The Morgan fingerprint density at radius 1 is 1.38 bits per heavy atom. The van der Waals surface area contributed by atoms with Crippen LogP contribution in [0.5, 0.6) is 0 Å². The Morgan fingerprint density at radius 3 is 2.85 bits per heavy atom. The molecule has 0 aromatic carbocycles. The van der Waals surface area contributed by atoms with Gasteiger partial charge in [0.1, 0.15) is 0 Å². The van der Waals surface area contributed by atoms with E-state index >= 15 is 0 Å². The Labute approximate surface area is 86.0 Å². The van der Waals surface area contributed by atoms with Crippen LogP contribution in [0.3, 0.4) is 0 Å². The Kier molecular flexibility index (Phi) is 5.76. The second-order valence-corrected chi connectivity index (χ2v) is 4.32. The number of hydrogen-bond donors (Lipinski definition) is 1. The lowest BCUT2D eigenvalue weighted by atomic mass is 9.89. The summed E-state index contributed by atoms with van der Waals surface area (Å²) in [6.07, 6.45) is 5.13. The number of hydrogen-bond acceptors (Lipinski definition) is 2. The van der Waals surface area contributed by atoms with E-state index in [0.717, 1.165) is 19.7 Å². The minimum absolute atomic E-state index is 0.392. The molecule has 1 saturated carbocycles. The zero-order valence-corrected chi connectivity index (χ0v) is 9.15. The second-order valence-electron chi connectivity index (χ2n) is 3.76. The first-order valence-electron chi connectivity index (χ1n) is 5.18. The first kappa shape index (κ1) is 11.3. The first-order valence-corrected chi connectivity index (χ1v) is 5.62. The van der Waals surface area contributed by atoms with Crippen molar-refractivity contribution in [2.75, 3.05) is 26.8 Å². The van der Waals surface area contributed by atoms with Gasteiger partial charge >= 0.3 is 0 Å². The van der Waals surface area contributed by atoms with E-state index in [1.807, 2.05) is 0 Å². The Morgan fingerprint density at radius 2 is 2.15 bits per heavy atom. The molecule has 0 aliphatic heterocycles. The van der Waals surface area contributed by atoms with Gasteiger partial charge in [0, 0.05) is 19.0 Å². The van der Waals surface area contributed by atoms with Crippen molar-refractivity contribution in [1.29, 1.82) is 0 Å². The molecule has 0 aromatic rings. The van der Waals surface area contributed by atoms with Crippen LogP contribution in [0.4, 0.5) is 0 Å². The maximum absolute atomic E-state index is 6.22. The van der Waals surface area contributed by atoms with Gasteiger partial charge in [0.15, 0.2) is 0 Å². The molecule has 78 valence electrons. The van der Waals surface area contributed by atoms with E-state index in [2.05, 4.69) is 5.32 Å². The normalized spacial score (nSPS) is 29.1. The molecule has 0 heterocycles. The fraction of sp³-hybridized carbons (Fsp3) is 1.00. The van der Waals surface area contributed by atoms with Gasteiger partial charge in [-0.25, -0.2) is 0 Å². The molecule has 3 heteroatoms. The largest absolute Gasteiger partial charge is 0.383 e. The minimum atomic E-state index is 0.392. The Balaban J connectivity index is 2.05. The van der Waals surface area contributed by atoms with Crippen LogP contribution in [0, 0.1) is 5.92 Å². The molecule has 0 spiro atoms. The summed E-state index contributed by atoms with van der Waals surface area (Å²) in [4.78, 5) is 0. The molecule has 2 nitrogen and oxygen atoms in total. The Bertz CT molecular complexity index is 132. The molecule has 0 radical (unpaired) electrons. The molecule has 0 aromatic heterocycles. The predicted molar refractivity (Wildman–Crippen MR) is 56.3 cm³/mol. The van der Waals surface area contributed by atoms with Crippen molar-refractivity contribution >= 4 is 11.6 Å². The van der Waals surface area contributed by atoms with Crippen LogP contribution in [0.15, 0.2) is 0 Å². The molecule has 1 fully saturated rings. The molecule has 2 atom stereocenters. The van der Waals surface area contributed by atoms with Gasteiger partial charge in [-0.1, -0.05) is 12.8 Å². The van der Waals surface area contributed by atoms with Crippen LogP contribution in [0.2, 0.25) is 0 Å². The summed E-state index contributed by atoms with van der Waals surface area (Å²) in [7, 11) is 1.73. The summed E-state index contributed by atoms with van der Waals surface area (Å²) in [5.74, 6) is 0.673. The molecule has 0 bridgehead atoms. The van der Waals surface area contributed by atoms with Gasteiger partial charge in [0.05, 0.1) is 6.61 Å². The lowest BCUT2D eigenvalue weighted by Crippen LogP contribution is -2.32. The third kappa shape index (κ3) is 4.30. The van der Waals surface area contributed by atoms with Crippen molar-refractivity contribution in [3.05, 3.63) is 0 Å². The highest BCUT2D eigenvalue weighted by atomic mass is 35.5. The molecular formula is C10H20ClNO. The molecule has 1 N–H and O–H groups in total. The van der Waals surface area contributed by atoms with Crippen molar-refractivity contribution < 1.29 is 4.74 Å². The maximum atomic E-state index is 6.22. The van der Waals surface area contributed by atoms with Crippen LogP contribution < -0.4 is 5.32 Å². The first-order chi connectivity index (χ1) is 6.34. The number of rotatable bonds is 5. The summed E-state index contributed by atoms with van der Waals surface area (Å²) >= 11 is 6.22. The molecule has 1 aliphatic rings. The second kappa shape index (κ2) is 6.63. The van der Waals surface area contributed by atoms with Crippen LogP contribution >= 0.6 is 11.6 Å². The average Bonchev–Trinajstić information content (AvgIpc) is 2.15. The summed E-state index contributed by atoms with van der Waals surface area (Å²) < 4.78 is 4.96. The predicted octanol–water partition coefficient (Wildman–Crippen LogP) is 2.02. The minimum Gasteiger partial charge on any atom is -0.383 e. The molecule has 2 unspecified atom stereocenters. The maximum Gasteiger partial charge on any atom is 0.0587 e. The lowest BCUT2D eigenvalue weighted by Gasteiger charge is -2.27. The van der Waals surface area contributed by atoms with E-state index in [9.17, 15) is 0 Å². The third-order valence-electron chi connectivity index (χ3n) is 2.71. The third-order valence-corrected chi connectivity index (χ3v) is 3.28. The molecule has 0 amide bonds. The summed E-state index contributed by atoms with van der Waals surface area (Å²) in [5.41, 5.74) is 0. The molecule has 1 aliphatic carbocycles. The number of nitrogens with one attached hydrogen (secondary N) is 1. The molecule has 13 heavy (non-hydrogen) atoms. The zero-order valence-electron chi connectivity index (χ0n) is 8.39. The summed E-state index contributed by atoms with van der Waals surface area (Å²) in [5, 5.41) is 3.77. The highest BCUT2D eigenvalue weighted by molar-refractivity contribution is 6.20. The fourth-order valence-corrected chi connectivity index (χ4v) is 2.22. The standard InChI is InChI=1S/C10H20ClNO/c1-13-7-6-12-8-9-4-2-3-5-10(9)11/h9-10,12H,2-8H2,1H3. The van der Waals surface area contributed by atoms with Crippen molar-refractivity contribution in [3.8, 4) is 0 Å². The van der Waals surface area contributed by atoms with E-state index < -0.39 is 0 Å². The SMILES string of the molecule is COCCNCC1CCCCC1Cl. The zero-order chi connectivity index (χ0) is 9.52. The molecule has 1 rings (SSSR count). The number of alkyl halides is 1. The van der Waals surface area contributed by atoms with E-state index in [1.54, 1.807) is 7.11 Å². The van der Waals surface area contributed by atoms with Gasteiger partial charge in [-0.2, -0.15) is 0 Å². The van der Waals surface area contributed by atoms with E-state index in [0.29, 0.717) is 11.3 Å². The van der Waals surface area contributed by atoms with Gasteiger partial charge in [0.25, 0.3) is 0 Å². The van der Waals surface area contributed by atoms with Gasteiger partial charge < -0.3 is 10.1 Å². The number of halogens is 1. The van der Waals surface area contributed by atoms with Gasteiger partial charge in [-0.3, -0.25) is 0 Å². The van der Waals surface area contributed by atoms with Crippen molar-refractivity contribution in [1.82, 2.24) is 5.32 Å². The van der Waals surface area contributed by atoms with Crippen molar-refractivity contribution in [2.24, 2.45) is 5.92 Å². The smallest absolute Gasteiger partial charge is 0.0587 e. The van der Waals surface area contributed by atoms with Crippen molar-refractivity contribution in [3.63, 3.8) is 0 Å². The van der Waals surface area contributed by atoms with Crippen LogP contribution in [0.1, 0.15) is 25.7 Å². The quantitative estimate of drug-likeness (QED) is 0.548. The number of methoxy groups -OCH3 is 1. The van der Waals surface area contributed by atoms with Gasteiger partial charge in [0.2, 0.25) is 0 Å². The van der Waals surface area contributed by atoms with Crippen LogP contribution in [0.25, 0.3) is 0 Å². The van der Waals surface area contributed by atoms with Crippen molar-refractivity contribution in [2.45, 2.75) is 31.1 Å². The van der Waals surface area contributed by atoms with E-state index in [-0.39, 0.29) is 0 Å². The monoisotopic (exact) mass is 205 g/mol. The molecule has 0 saturated heterocycles. The Hall–Kier alpha value is 0.210. The lowest BCUT2D eigenvalue weighted by molar-refractivity contribution is 0.196. The van der Waals surface area contributed by atoms with Gasteiger partial charge in [-0.05, 0) is 25.3 Å². The van der Waals surface area contributed by atoms with Crippen LogP contribution in [-0.2, 0) is 4.74 Å². The van der Waals surface area contributed by atoms with E-state index in [4.69, 9.17) is 16.3 Å². The topological polar surface area (TPSA) is 21.3 Å². The van der Waals surface area contributed by atoms with E-state index in [1.165, 1.54) is 25.7 Å². The fourth-order valence-electron chi connectivity index (χ4n) is 1.85. The summed E-state index contributed by atoms with van der Waals surface area (Å²) in [6.45, 7) is 2.79. The highest BCUT2D eigenvalue weighted by Crippen LogP contribution is 2.27. The van der Waals surface area contributed by atoms with Gasteiger partial charge in [-0.15, -0.1) is 11.6 Å². The van der Waals surface area contributed by atoms with Crippen LogP contribution in [-0.4, -0.2) is 32.2 Å². The average molecular weight is 206 g/mol. The molecular weight excluding hydrogens is 186 g/mol. The summed E-state index contributed by atoms with van der Waals surface area (Å²) in [6, 6.07) is 0. The highest BCUT2D eigenvalue weighted by Gasteiger charge is 2.22.